The molecule has 0 radical (unpaired) electrons. The van der Waals surface area contributed by atoms with E-state index < -0.39 is 0 Å². The first-order valence-electron chi connectivity index (χ1n) is 8.13. The van der Waals surface area contributed by atoms with Crippen LogP contribution in [0.2, 0.25) is 0 Å². The van der Waals surface area contributed by atoms with Gasteiger partial charge in [0.05, 0.1) is 23.4 Å². The van der Waals surface area contributed by atoms with Crippen LogP contribution >= 0.6 is 11.3 Å². The number of aryl methyl sites for hydroxylation is 1. The number of methoxy groups -OCH3 is 1. The van der Waals surface area contributed by atoms with Crippen LogP contribution in [0.4, 0.5) is 5.69 Å². The Morgan fingerprint density at radius 2 is 2.12 bits per heavy atom. The fourth-order valence-electron chi connectivity index (χ4n) is 2.85. The van der Waals surface area contributed by atoms with E-state index in [0.717, 1.165) is 22.5 Å². The largest absolute Gasteiger partial charge is 0.495 e. The molecule has 0 aliphatic heterocycles. The highest BCUT2D eigenvalue weighted by Crippen LogP contribution is 2.31. The average Bonchev–Trinajstić information content (AvgIpc) is 3.32. The first-order chi connectivity index (χ1) is 12.7. The molecule has 0 spiro atoms. The summed E-state index contributed by atoms with van der Waals surface area (Å²) in [5.41, 5.74) is 4.40. The van der Waals surface area contributed by atoms with Crippen LogP contribution in [0.3, 0.4) is 0 Å². The molecule has 0 aliphatic rings. The fraction of sp³-hybridized carbons (Fsp3) is 0.100. The molecule has 0 unspecified atom stereocenters. The van der Waals surface area contributed by atoms with Crippen molar-refractivity contribution in [2.24, 2.45) is 0 Å². The van der Waals surface area contributed by atoms with Gasteiger partial charge < -0.3 is 14.5 Å². The third-order valence-electron chi connectivity index (χ3n) is 4.17. The quantitative estimate of drug-likeness (QED) is 0.575. The van der Waals surface area contributed by atoms with Gasteiger partial charge in [0.2, 0.25) is 0 Å². The molecule has 1 aromatic carbocycles. The lowest BCUT2D eigenvalue weighted by molar-refractivity contribution is 0.103. The molecule has 1 amide bonds. The molecule has 0 saturated heterocycles. The summed E-state index contributed by atoms with van der Waals surface area (Å²) >= 11 is 1.40. The Bertz CT molecular complexity index is 1080. The molecule has 130 valence electrons. The molecule has 0 saturated carbocycles. The number of anilines is 1. The van der Waals surface area contributed by atoms with Crippen molar-refractivity contribution in [2.45, 2.75) is 6.92 Å². The van der Waals surface area contributed by atoms with E-state index in [1.165, 1.54) is 11.3 Å². The second-order valence-corrected chi connectivity index (χ2v) is 6.84. The summed E-state index contributed by atoms with van der Waals surface area (Å²) in [5.74, 6) is 0.458. The molecule has 4 rings (SSSR count). The van der Waals surface area contributed by atoms with Gasteiger partial charge in [0.25, 0.3) is 5.91 Å². The zero-order valence-electron chi connectivity index (χ0n) is 14.4. The number of pyridine rings is 1. The maximum Gasteiger partial charge on any atom is 0.265 e. The summed E-state index contributed by atoms with van der Waals surface area (Å²) in [6.45, 7) is 2.03. The number of carbonyl (C=O) groups excluding carboxylic acids is 1. The number of aromatic nitrogens is 2. The molecule has 0 fully saturated rings. The highest BCUT2D eigenvalue weighted by molar-refractivity contribution is 7.12. The van der Waals surface area contributed by atoms with Crippen LogP contribution in [0.5, 0.6) is 5.75 Å². The number of fused-ring (bicyclic) bond motifs is 1. The number of carbonyl (C=O) groups is 1. The van der Waals surface area contributed by atoms with E-state index in [9.17, 15) is 4.79 Å². The van der Waals surface area contributed by atoms with Crippen molar-refractivity contribution in [3.63, 3.8) is 0 Å². The summed E-state index contributed by atoms with van der Waals surface area (Å²) in [7, 11) is 1.59. The Morgan fingerprint density at radius 1 is 1.23 bits per heavy atom. The van der Waals surface area contributed by atoms with Crippen molar-refractivity contribution >= 4 is 28.6 Å². The van der Waals surface area contributed by atoms with Gasteiger partial charge in [-0.15, -0.1) is 11.3 Å². The number of hydrogen-bond donors (Lipinski definition) is 1. The Labute approximate surface area is 154 Å². The number of ether oxygens (including phenoxy) is 1. The molecule has 5 nitrogen and oxygen atoms in total. The number of imidazole rings is 1. The maximum absolute atomic E-state index is 12.4. The van der Waals surface area contributed by atoms with E-state index in [-0.39, 0.29) is 5.91 Å². The van der Waals surface area contributed by atoms with Crippen molar-refractivity contribution in [1.29, 1.82) is 0 Å². The topological polar surface area (TPSA) is 55.6 Å². The number of thiophene rings is 1. The molecule has 0 atom stereocenters. The highest BCUT2D eigenvalue weighted by atomic mass is 32.1. The lowest BCUT2D eigenvalue weighted by Crippen LogP contribution is -2.11. The first-order valence-corrected chi connectivity index (χ1v) is 9.01. The van der Waals surface area contributed by atoms with Crippen LogP contribution in [0.15, 0.2) is 60.2 Å². The fourth-order valence-corrected chi connectivity index (χ4v) is 3.47. The molecular weight excluding hydrogens is 346 g/mol. The zero-order chi connectivity index (χ0) is 18.1. The van der Waals surface area contributed by atoms with Gasteiger partial charge in [-0.25, -0.2) is 4.98 Å². The molecule has 6 heteroatoms. The number of benzene rings is 1. The summed E-state index contributed by atoms with van der Waals surface area (Å²) in [5, 5.41) is 4.81. The number of amides is 1. The van der Waals surface area contributed by atoms with E-state index in [4.69, 9.17) is 9.72 Å². The number of nitrogens with zero attached hydrogens (tertiary/aromatic N) is 2. The lowest BCUT2D eigenvalue weighted by Gasteiger charge is -2.11. The maximum atomic E-state index is 12.4. The van der Waals surface area contributed by atoms with Crippen LogP contribution in [0, 0.1) is 6.92 Å². The summed E-state index contributed by atoms with van der Waals surface area (Å²) in [6, 6.07) is 13.4. The van der Waals surface area contributed by atoms with Crippen LogP contribution in [-0.4, -0.2) is 22.4 Å². The Hall–Kier alpha value is -3.12. The van der Waals surface area contributed by atoms with Gasteiger partial charge in [0, 0.05) is 18.0 Å². The Kier molecular flexibility index (Phi) is 4.18. The van der Waals surface area contributed by atoms with Gasteiger partial charge in [-0.3, -0.25) is 4.79 Å². The van der Waals surface area contributed by atoms with E-state index in [2.05, 4.69) is 5.32 Å². The van der Waals surface area contributed by atoms with Crippen molar-refractivity contribution in [2.75, 3.05) is 12.4 Å². The third-order valence-corrected chi connectivity index (χ3v) is 5.03. The van der Waals surface area contributed by atoms with Gasteiger partial charge in [0.1, 0.15) is 11.4 Å². The van der Waals surface area contributed by atoms with Crippen molar-refractivity contribution in [3.8, 4) is 17.0 Å². The number of rotatable bonds is 4. The Morgan fingerprint density at radius 3 is 2.85 bits per heavy atom. The van der Waals surface area contributed by atoms with E-state index in [0.29, 0.717) is 16.3 Å². The number of nitrogens with one attached hydrogen (secondary N) is 1. The van der Waals surface area contributed by atoms with E-state index in [1.54, 1.807) is 13.2 Å². The third kappa shape index (κ3) is 2.95. The molecule has 4 aromatic rings. The van der Waals surface area contributed by atoms with Gasteiger partial charge in [-0.2, -0.15) is 0 Å². The summed E-state index contributed by atoms with van der Waals surface area (Å²) < 4.78 is 7.39. The monoisotopic (exact) mass is 363 g/mol. The highest BCUT2D eigenvalue weighted by Gasteiger charge is 2.13. The smallest absolute Gasteiger partial charge is 0.265 e. The van der Waals surface area contributed by atoms with Crippen LogP contribution < -0.4 is 10.1 Å². The molecule has 1 N–H and O–H groups in total. The SMILES string of the molecule is COc1ccc(-c2cn3cccc(C)c3n2)cc1NC(=O)c1cccs1. The van der Waals surface area contributed by atoms with Crippen molar-refractivity contribution in [3.05, 3.63) is 70.7 Å². The molecule has 26 heavy (non-hydrogen) atoms. The molecular formula is C20H17N3O2S. The van der Waals surface area contributed by atoms with Crippen LogP contribution in [0.1, 0.15) is 15.2 Å². The molecule has 3 heterocycles. The summed E-state index contributed by atoms with van der Waals surface area (Å²) in [4.78, 5) is 17.8. The molecule has 0 aliphatic carbocycles. The molecule has 0 bridgehead atoms. The average molecular weight is 363 g/mol. The van der Waals surface area contributed by atoms with Gasteiger partial charge in [0.15, 0.2) is 0 Å². The van der Waals surface area contributed by atoms with Gasteiger partial charge in [-0.1, -0.05) is 12.1 Å². The molecule has 3 aromatic heterocycles. The minimum atomic E-state index is -0.152. The van der Waals surface area contributed by atoms with Crippen LogP contribution in [0.25, 0.3) is 16.9 Å². The van der Waals surface area contributed by atoms with Crippen LogP contribution in [-0.2, 0) is 0 Å². The minimum absolute atomic E-state index is 0.152. The predicted octanol–water partition coefficient (Wildman–Crippen LogP) is 4.63. The Balaban J connectivity index is 1.73. The van der Waals surface area contributed by atoms with E-state index in [1.807, 2.05) is 65.5 Å². The zero-order valence-corrected chi connectivity index (χ0v) is 15.2. The standard InChI is InChI=1S/C20H17N3O2S/c1-13-5-3-9-23-12-16(21-19(13)23)14-7-8-17(25-2)15(11-14)22-20(24)18-6-4-10-26-18/h3-12H,1-2H3,(H,22,24). The van der Waals surface area contributed by atoms with Gasteiger partial charge in [-0.05, 0) is 48.2 Å². The van der Waals surface area contributed by atoms with E-state index >= 15 is 0 Å². The first kappa shape index (κ1) is 16.4. The van der Waals surface area contributed by atoms with Crippen molar-refractivity contribution in [1.82, 2.24) is 9.38 Å². The second kappa shape index (κ2) is 6.65. The number of hydrogen-bond acceptors (Lipinski definition) is 4. The minimum Gasteiger partial charge on any atom is -0.495 e. The predicted molar refractivity (Wildman–Crippen MR) is 104 cm³/mol. The van der Waals surface area contributed by atoms with Gasteiger partial charge >= 0.3 is 0 Å². The van der Waals surface area contributed by atoms with Crippen molar-refractivity contribution < 1.29 is 9.53 Å². The second-order valence-electron chi connectivity index (χ2n) is 5.89. The lowest BCUT2D eigenvalue weighted by atomic mass is 10.1. The summed E-state index contributed by atoms with van der Waals surface area (Å²) in [6.07, 6.45) is 3.96. The normalized spacial score (nSPS) is 10.8.